The van der Waals surface area contributed by atoms with Crippen molar-refractivity contribution in [2.75, 3.05) is 0 Å². The van der Waals surface area contributed by atoms with Gasteiger partial charge in [0.15, 0.2) is 0 Å². The first-order valence-electron chi connectivity index (χ1n) is 5.49. The molecule has 14 heavy (non-hydrogen) atoms. The van der Waals surface area contributed by atoms with Crippen molar-refractivity contribution < 1.29 is 5.11 Å². The predicted molar refractivity (Wildman–Crippen MR) is 63.3 cm³/mol. The van der Waals surface area contributed by atoms with Crippen LogP contribution in [0.3, 0.4) is 0 Å². The van der Waals surface area contributed by atoms with Gasteiger partial charge >= 0.3 is 0 Å². The van der Waals surface area contributed by atoms with E-state index in [1.807, 2.05) is 13.8 Å². The third-order valence-electron chi connectivity index (χ3n) is 2.55. The minimum atomic E-state index is -0.645. The topological polar surface area (TPSA) is 20.2 Å². The van der Waals surface area contributed by atoms with E-state index in [0.29, 0.717) is 0 Å². The Kier molecular flexibility index (Phi) is 4.38. The number of aliphatic hydroxyl groups is 1. The molecule has 0 amide bonds. The van der Waals surface area contributed by atoms with E-state index in [4.69, 9.17) is 0 Å². The van der Waals surface area contributed by atoms with Gasteiger partial charge in [-0.2, -0.15) is 0 Å². The molecule has 0 saturated heterocycles. The lowest BCUT2D eigenvalue weighted by molar-refractivity contribution is -0.0135. The Labute approximate surface area is 89.2 Å². The molecule has 0 aliphatic rings. The smallest absolute Gasteiger partial charge is 0.0661 e. The van der Waals surface area contributed by atoms with Crippen LogP contribution in [-0.2, 0) is 0 Å². The van der Waals surface area contributed by atoms with Crippen molar-refractivity contribution in [1.82, 2.24) is 0 Å². The normalized spacial score (nSPS) is 17.0. The fourth-order valence-electron chi connectivity index (χ4n) is 2.74. The van der Waals surface area contributed by atoms with Crippen LogP contribution in [-0.4, -0.2) is 10.7 Å². The highest BCUT2D eigenvalue weighted by Gasteiger charge is 2.37. The first-order valence-corrected chi connectivity index (χ1v) is 5.49. The molecule has 0 aromatic carbocycles. The molecule has 1 unspecified atom stereocenters. The molecule has 0 heterocycles. The SMILES string of the molecule is CC/C=C(/C)C(C(C)(C)C)C(C)(C)O. The highest BCUT2D eigenvalue weighted by atomic mass is 16.3. The second-order valence-corrected chi connectivity index (χ2v) is 5.81. The fraction of sp³-hybridized carbons (Fsp3) is 0.846. The molecule has 0 aromatic heterocycles. The molecule has 1 atom stereocenters. The van der Waals surface area contributed by atoms with Crippen LogP contribution in [0.2, 0.25) is 0 Å². The maximum absolute atomic E-state index is 10.2. The summed E-state index contributed by atoms with van der Waals surface area (Å²) in [6, 6.07) is 0. The number of hydrogen-bond donors (Lipinski definition) is 1. The van der Waals surface area contributed by atoms with Crippen LogP contribution in [0.4, 0.5) is 0 Å². The molecular weight excluding hydrogens is 172 g/mol. The molecule has 1 heteroatoms. The van der Waals surface area contributed by atoms with Gasteiger partial charge in [0.25, 0.3) is 0 Å². The molecule has 0 fully saturated rings. The fourth-order valence-corrected chi connectivity index (χ4v) is 2.74. The molecular formula is C13H26O. The monoisotopic (exact) mass is 198 g/mol. The number of allylic oxidation sites excluding steroid dienone is 1. The van der Waals surface area contributed by atoms with E-state index >= 15 is 0 Å². The van der Waals surface area contributed by atoms with E-state index in [0.717, 1.165) is 6.42 Å². The minimum absolute atomic E-state index is 0.105. The molecule has 0 rings (SSSR count). The Morgan fingerprint density at radius 3 is 1.86 bits per heavy atom. The van der Waals surface area contributed by atoms with Crippen molar-refractivity contribution in [2.45, 2.75) is 60.5 Å². The summed E-state index contributed by atoms with van der Waals surface area (Å²) >= 11 is 0. The molecule has 0 aliphatic heterocycles. The van der Waals surface area contributed by atoms with Gasteiger partial charge in [0.1, 0.15) is 0 Å². The lowest BCUT2D eigenvalue weighted by Gasteiger charge is -2.40. The number of hydrogen-bond acceptors (Lipinski definition) is 1. The van der Waals surface area contributed by atoms with Crippen LogP contribution in [0.15, 0.2) is 11.6 Å². The molecule has 84 valence electrons. The maximum atomic E-state index is 10.2. The standard InChI is InChI=1S/C13H26O/c1-8-9-10(2)11(12(3,4)5)13(6,7)14/h9,11,14H,8H2,1-7H3/b10-9-. The molecule has 1 nitrogen and oxygen atoms in total. The average Bonchev–Trinajstić information content (AvgIpc) is 1.78. The van der Waals surface area contributed by atoms with E-state index < -0.39 is 5.60 Å². The summed E-state index contributed by atoms with van der Waals surface area (Å²) in [4.78, 5) is 0. The summed E-state index contributed by atoms with van der Waals surface area (Å²) < 4.78 is 0. The van der Waals surface area contributed by atoms with Crippen LogP contribution in [0, 0.1) is 11.3 Å². The van der Waals surface area contributed by atoms with Crippen molar-refractivity contribution in [3.8, 4) is 0 Å². The third kappa shape index (κ3) is 3.83. The Bertz CT molecular complexity index is 186. The lowest BCUT2D eigenvalue weighted by Crippen LogP contribution is -2.40. The quantitative estimate of drug-likeness (QED) is 0.684. The van der Waals surface area contributed by atoms with Crippen molar-refractivity contribution in [3.63, 3.8) is 0 Å². The van der Waals surface area contributed by atoms with Gasteiger partial charge < -0.3 is 5.11 Å². The van der Waals surface area contributed by atoms with Crippen molar-refractivity contribution in [2.24, 2.45) is 11.3 Å². The Morgan fingerprint density at radius 2 is 1.64 bits per heavy atom. The molecule has 0 aliphatic carbocycles. The zero-order chi connectivity index (χ0) is 11.6. The van der Waals surface area contributed by atoms with Crippen LogP contribution < -0.4 is 0 Å². The van der Waals surface area contributed by atoms with E-state index in [1.54, 1.807) is 0 Å². The van der Waals surface area contributed by atoms with Gasteiger partial charge in [-0.05, 0) is 32.6 Å². The van der Waals surface area contributed by atoms with E-state index in [2.05, 4.69) is 40.7 Å². The summed E-state index contributed by atoms with van der Waals surface area (Å²) in [7, 11) is 0. The van der Waals surface area contributed by atoms with Gasteiger partial charge in [-0.3, -0.25) is 0 Å². The third-order valence-corrected chi connectivity index (χ3v) is 2.55. The molecule has 1 N–H and O–H groups in total. The average molecular weight is 198 g/mol. The molecule has 0 spiro atoms. The first kappa shape index (κ1) is 13.7. The molecule has 0 radical (unpaired) electrons. The van der Waals surface area contributed by atoms with Crippen LogP contribution in [0.25, 0.3) is 0 Å². The molecule has 0 bridgehead atoms. The Balaban J connectivity index is 5.04. The second-order valence-electron chi connectivity index (χ2n) is 5.81. The lowest BCUT2D eigenvalue weighted by atomic mass is 9.68. The van der Waals surface area contributed by atoms with Crippen molar-refractivity contribution in [1.29, 1.82) is 0 Å². The zero-order valence-corrected chi connectivity index (χ0v) is 10.8. The van der Waals surface area contributed by atoms with Gasteiger partial charge in [0, 0.05) is 5.92 Å². The van der Waals surface area contributed by atoms with E-state index in [9.17, 15) is 5.11 Å². The Hall–Kier alpha value is -0.300. The van der Waals surface area contributed by atoms with E-state index in [1.165, 1.54) is 5.57 Å². The van der Waals surface area contributed by atoms with Crippen LogP contribution in [0.1, 0.15) is 54.9 Å². The maximum Gasteiger partial charge on any atom is 0.0661 e. The van der Waals surface area contributed by atoms with Gasteiger partial charge in [-0.25, -0.2) is 0 Å². The van der Waals surface area contributed by atoms with Crippen molar-refractivity contribution >= 4 is 0 Å². The summed E-state index contributed by atoms with van der Waals surface area (Å²) in [5.41, 5.74) is 0.759. The Morgan fingerprint density at radius 1 is 1.21 bits per heavy atom. The zero-order valence-electron chi connectivity index (χ0n) is 10.8. The van der Waals surface area contributed by atoms with Gasteiger partial charge in [0.05, 0.1) is 5.60 Å². The predicted octanol–water partition coefficient (Wildman–Crippen LogP) is 3.78. The van der Waals surface area contributed by atoms with Gasteiger partial charge in [0.2, 0.25) is 0 Å². The number of rotatable bonds is 3. The van der Waals surface area contributed by atoms with Crippen LogP contribution in [0.5, 0.6) is 0 Å². The molecule has 0 saturated carbocycles. The van der Waals surface area contributed by atoms with Crippen LogP contribution >= 0.6 is 0 Å². The van der Waals surface area contributed by atoms with Gasteiger partial charge in [-0.1, -0.05) is 39.3 Å². The van der Waals surface area contributed by atoms with Gasteiger partial charge in [-0.15, -0.1) is 0 Å². The summed E-state index contributed by atoms with van der Waals surface area (Å²) in [6.45, 7) is 14.6. The highest BCUT2D eigenvalue weighted by Crippen LogP contribution is 2.39. The summed E-state index contributed by atoms with van der Waals surface area (Å²) in [5, 5.41) is 10.2. The summed E-state index contributed by atoms with van der Waals surface area (Å²) in [6.07, 6.45) is 3.25. The minimum Gasteiger partial charge on any atom is -0.390 e. The van der Waals surface area contributed by atoms with Crippen molar-refractivity contribution in [3.05, 3.63) is 11.6 Å². The highest BCUT2D eigenvalue weighted by molar-refractivity contribution is 5.11. The van der Waals surface area contributed by atoms with E-state index in [-0.39, 0.29) is 11.3 Å². The summed E-state index contributed by atoms with van der Waals surface area (Å²) in [5.74, 6) is 0.218. The molecule has 0 aromatic rings. The largest absolute Gasteiger partial charge is 0.390 e. The second kappa shape index (κ2) is 4.48. The first-order chi connectivity index (χ1) is 6.10.